The molecule has 5 nitrogen and oxygen atoms in total. The molecule has 0 aliphatic heterocycles. The highest BCUT2D eigenvalue weighted by Gasteiger charge is 2.17. The molecule has 27 heavy (non-hydrogen) atoms. The summed E-state index contributed by atoms with van der Waals surface area (Å²) in [7, 11) is 3.89. The lowest BCUT2D eigenvalue weighted by Gasteiger charge is -2.26. The number of carbonyl (C=O) groups is 2. The van der Waals surface area contributed by atoms with Gasteiger partial charge in [-0.3, -0.25) is 9.59 Å². The number of hydrogen-bond acceptors (Lipinski definition) is 3. The first-order chi connectivity index (χ1) is 12.9. The summed E-state index contributed by atoms with van der Waals surface area (Å²) in [6.07, 6.45) is 0.222. The molecule has 0 heterocycles. The van der Waals surface area contributed by atoms with Gasteiger partial charge in [0.1, 0.15) is 0 Å². The van der Waals surface area contributed by atoms with E-state index in [0.717, 1.165) is 11.1 Å². The number of halogens is 1. The summed E-state index contributed by atoms with van der Waals surface area (Å²) in [6, 6.07) is 14.9. The second-order valence-electron chi connectivity index (χ2n) is 6.68. The van der Waals surface area contributed by atoms with Crippen molar-refractivity contribution in [2.24, 2.45) is 0 Å². The van der Waals surface area contributed by atoms with E-state index in [1.807, 2.05) is 68.4 Å². The van der Waals surface area contributed by atoms with Crippen LogP contribution in [0.3, 0.4) is 0 Å². The van der Waals surface area contributed by atoms with Crippen molar-refractivity contribution in [1.82, 2.24) is 15.5 Å². The SMILES string of the molecule is Cc1cccc(C(=O)NCCC(=O)NCC(c2ccccc2Cl)N(C)C)c1. The van der Waals surface area contributed by atoms with E-state index >= 15 is 0 Å². The smallest absolute Gasteiger partial charge is 0.251 e. The standard InChI is InChI=1S/C21H26ClN3O2/c1-15-7-6-8-16(13-15)21(27)23-12-11-20(26)24-14-19(25(2)3)17-9-4-5-10-18(17)22/h4-10,13,19H,11-12,14H2,1-3H3,(H,23,27)(H,24,26). The van der Waals surface area contributed by atoms with Crippen LogP contribution in [0.1, 0.15) is 33.9 Å². The Kier molecular flexibility index (Phi) is 7.82. The average Bonchev–Trinajstić information content (AvgIpc) is 2.63. The van der Waals surface area contributed by atoms with Crippen molar-refractivity contribution in [3.05, 3.63) is 70.2 Å². The second kappa shape index (κ2) is 10.1. The first kappa shape index (κ1) is 20.9. The number of rotatable bonds is 8. The van der Waals surface area contributed by atoms with Gasteiger partial charge in [0.15, 0.2) is 0 Å². The van der Waals surface area contributed by atoms with Crippen LogP contribution < -0.4 is 10.6 Å². The topological polar surface area (TPSA) is 61.4 Å². The highest BCUT2D eigenvalue weighted by molar-refractivity contribution is 6.31. The van der Waals surface area contributed by atoms with Crippen LogP contribution in [-0.2, 0) is 4.79 Å². The summed E-state index contributed by atoms with van der Waals surface area (Å²) in [5, 5.41) is 6.38. The third kappa shape index (κ3) is 6.38. The molecule has 6 heteroatoms. The lowest BCUT2D eigenvalue weighted by molar-refractivity contribution is -0.121. The Hall–Kier alpha value is -2.37. The lowest BCUT2D eigenvalue weighted by Crippen LogP contribution is -2.36. The van der Waals surface area contributed by atoms with E-state index in [1.165, 1.54) is 0 Å². The second-order valence-corrected chi connectivity index (χ2v) is 7.09. The van der Waals surface area contributed by atoms with Crippen LogP contribution >= 0.6 is 11.6 Å². The van der Waals surface area contributed by atoms with Gasteiger partial charge in [-0.15, -0.1) is 0 Å². The zero-order chi connectivity index (χ0) is 19.8. The maximum atomic E-state index is 12.1. The van der Waals surface area contributed by atoms with Crippen LogP contribution in [0.4, 0.5) is 0 Å². The number of nitrogens with zero attached hydrogens (tertiary/aromatic N) is 1. The van der Waals surface area contributed by atoms with Gasteiger partial charge in [-0.05, 0) is 44.8 Å². The fourth-order valence-corrected chi connectivity index (χ4v) is 3.05. The molecule has 0 radical (unpaired) electrons. The minimum atomic E-state index is -0.172. The minimum Gasteiger partial charge on any atom is -0.354 e. The first-order valence-corrected chi connectivity index (χ1v) is 9.28. The van der Waals surface area contributed by atoms with Crippen molar-refractivity contribution in [2.75, 3.05) is 27.2 Å². The van der Waals surface area contributed by atoms with Crippen LogP contribution in [0.15, 0.2) is 48.5 Å². The quantitative estimate of drug-likeness (QED) is 0.731. The molecule has 2 aromatic carbocycles. The van der Waals surface area contributed by atoms with Crippen LogP contribution in [0.2, 0.25) is 5.02 Å². The summed E-state index contributed by atoms with van der Waals surface area (Å²) >= 11 is 6.28. The van der Waals surface area contributed by atoms with Crippen molar-refractivity contribution >= 4 is 23.4 Å². The highest BCUT2D eigenvalue weighted by Crippen LogP contribution is 2.25. The number of carbonyl (C=O) groups excluding carboxylic acids is 2. The Morgan fingerprint density at radius 1 is 1.07 bits per heavy atom. The van der Waals surface area contributed by atoms with Gasteiger partial charge in [0, 0.05) is 30.1 Å². The molecule has 0 saturated carbocycles. The van der Waals surface area contributed by atoms with Gasteiger partial charge in [0.25, 0.3) is 5.91 Å². The van der Waals surface area contributed by atoms with E-state index in [9.17, 15) is 9.59 Å². The minimum absolute atomic E-state index is 0.0236. The number of aryl methyl sites for hydroxylation is 1. The first-order valence-electron chi connectivity index (χ1n) is 8.91. The fourth-order valence-electron chi connectivity index (χ4n) is 2.79. The maximum Gasteiger partial charge on any atom is 0.251 e. The highest BCUT2D eigenvalue weighted by atomic mass is 35.5. The Morgan fingerprint density at radius 3 is 2.48 bits per heavy atom. The van der Waals surface area contributed by atoms with Crippen LogP contribution in [0, 0.1) is 6.92 Å². The predicted molar refractivity (Wildman–Crippen MR) is 109 cm³/mol. The largest absolute Gasteiger partial charge is 0.354 e. The van der Waals surface area contributed by atoms with Crippen molar-refractivity contribution < 1.29 is 9.59 Å². The molecule has 0 fully saturated rings. The van der Waals surface area contributed by atoms with E-state index in [1.54, 1.807) is 6.07 Å². The number of nitrogens with one attached hydrogen (secondary N) is 2. The molecule has 0 aliphatic carbocycles. The maximum absolute atomic E-state index is 12.1. The molecule has 1 unspecified atom stereocenters. The van der Waals surface area contributed by atoms with Crippen LogP contribution in [0.25, 0.3) is 0 Å². The molecule has 2 amide bonds. The molecule has 0 spiro atoms. The van der Waals surface area contributed by atoms with Crippen LogP contribution in [0.5, 0.6) is 0 Å². The number of hydrogen-bond donors (Lipinski definition) is 2. The molecular weight excluding hydrogens is 362 g/mol. The van der Waals surface area contributed by atoms with Gasteiger partial charge in [0.2, 0.25) is 5.91 Å². The Bertz CT molecular complexity index is 793. The summed E-state index contributed by atoms with van der Waals surface area (Å²) in [5.41, 5.74) is 2.59. The number of likely N-dealkylation sites (N-methyl/N-ethyl adjacent to an activating group) is 1. The van der Waals surface area contributed by atoms with Gasteiger partial charge in [0.05, 0.1) is 6.04 Å². The number of benzene rings is 2. The predicted octanol–water partition coefficient (Wildman–Crippen LogP) is 3.19. The average molecular weight is 388 g/mol. The van der Waals surface area contributed by atoms with Crippen molar-refractivity contribution in [1.29, 1.82) is 0 Å². The molecule has 1 atom stereocenters. The molecule has 2 N–H and O–H groups in total. The third-order valence-electron chi connectivity index (χ3n) is 4.30. The third-order valence-corrected chi connectivity index (χ3v) is 4.64. The fraction of sp³-hybridized carbons (Fsp3) is 0.333. The van der Waals surface area contributed by atoms with Gasteiger partial charge >= 0.3 is 0 Å². The zero-order valence-electron chi connectivity index (χ0n) is 16.0. The molecule has 2 rings (SSSR count). The zero-order valence-corrected chi connectivity index (χ0v) is 16.7. The summed E-state index contributed by atoms with van der Waals surface area (Å²) in [5.74, 6) is -0.285. The molecule has 2 aromatic rings. The Morgan fingerprint density at radius 2 is 1.81 bits per heavy atom. The lowest BCUT2D eigenvalue weighted by atomic mass is 10.1. The number of amides is 2. The van der Waals surface area contributed by atoms with E-state index in [2.05, 4.69) is 10.6 Å². The van der Waals surface area contributed by atoms with E-state index in [-0.39, 0.29) is 30.8 Å². The molecule has 0 aliphatic rings. The van der Waals surface area contributed by atoms with E-state index in [0.29, 0.717) is 17.1 Å². The molecule has 144 valence electrons. The molecule has 0 bridgehead atoms. The van der Waals surface area contributed by atoms with Gasteiger partial charge in [-0.1, -0.05) is 47.5 Å². The molecular formula is C21H26ClN3O2. The summed E-state index contributed by atoms with van der Waals surface area (Å²) in [4.78, 5) is 26.3. The normalized spacial score (nSPS) is 11.9. The van der Waals surface area contributed by atoms with Crippen molar-refractivity contribution in [2.45, 2.75) is 19.4 Å². The van der Waals surface area contributed by atoms with Gasteiger partial charge in [-0.25, -0.2) is 0 Å². The van der Waals surface area contributed by atoms with Crippen molar-refractivity contribution in [3.63, 3.8) is 0 Å². The molecule has 0 aromatic heterocycles. The van der Waals surface area contributed by atoms with Crippen molar-refractivity contribution in [3.8, 4) is 0 Å². The Balaban J connectivity index is 1.81. The molecule has 0 saturated heterocycles. The van der Waals surface area contributed by atoms with Gasteiger partial charge < -0.3 is 15.5 Å². The van der Waals surface area contributed by atoms with Crippen LogP contribution in [-0.4, -0.2) is 43.9 Å². The van der Waals surface area contributed by atoms with E-state index < -0.39 is 0 Å². The van der Waals surface area contributed by atoms with Gasteiger partial charge in [-0.2, -0.15) is 0 Å². The summed E-state index contributed by atoms with van der Waals surface area (Å²) < 4.78 is 0. The van der Waals surface area contributed by atoms with E-state index in [4.69, 9.17) is 11.6 Å². The summed E-state index contributed by atoms with van der Waals surface area (Å²) in [6.45, 7) is 2.67. The monoisotopic (exact) mass is 387 g/mol. The Labute approximate surface area is 165 Å².